The maximum atomic E-state index is 14.0. The number of hydrogen-bond acceptors (Lipinski definition) is 3. The van der Waals surface area contributed by atoms with Gasteiger partial charge in [-0.25, -0.2) is 13.6 Å². The summed E-state index contributed by atoms with van der Waals surface area (Å²) in [4.78, 5) is 26.2. The highest BCUT2D eigenvalue weighted by Gasteiger charge is 2.47. The first-order valence-corrected chi connectivity index (χ1v) is 12.7. The molecule has 8 heteroatoms. The van der Waals surface area contributed by atoms with E-state index in [9.17, 15) is 18.4 Å². The van der Waals surface area contributed by atoms with Gasteiger partial charge in [0.15, 0.2) is 6.10 Å². The number of nitrogens with zero attached hydrogens (tertiary/aromatic N) is 1. The van der Waals surface area contributed by atoms with Crippen LogP contribution in [-0.2, 0) is 4.74 Å². The van der Waals surface area contributed by atoms with Crippen molar-refractivity contribution in [3.05, 3.63) is 107 Å². The number of halogens is 3. The molecule has 3 heterocycles. The van der Waals surface area contributed by atoms with E-state index in [4.69, 9.17) is 4.74 Å². The number of benzene rings is 3. The van der Waals surface area contributed by atoms with Crippen LogP contribution in [0.1, 0.15) is 46.0 Å². The molecule has 3 aromatic carbocycles. The Morgan fingerprint density at radius 2 is 1.53 bits per heavy atom. The van der Waals surface area contributed by atoms with Gasteiger partial charge in [-0.05, 0) is 48.2 Å². The van der Waals surface area contributed by atoms with Gasteiger partial charge in [0.25, 0.3) is 0 Å². The molecule has 0 aromatic heterocycles. The van der Waals surface area contributed by atoms with Crippen molar-refractivity contribution in [1.29, 1.82) is 0 Å². The minimum Gasteiger partial charge on any atom is -1.00 e. The average molecular weight is 585 g/mol. The number of hydrogen-bond donors (Lipinski definition) is 1. The standard InChI is InChI=1S/C30H30F2N2O3.BrH/c1-20-8-10-22(11-9-20)28(35)19-34-14-12-21(13-15-34)27(18-34)33-30(36)37-29(23-4-2-6-25(31)16-23)24-5-3-7-26(32)17-24;/h2-11,16-17,21,27,29H,12-15,18-19H2,1H3;1H. The Labute approximate surface area is 232 Å². The molecule has 1 amide bonds. The van der Waals surface area contributed by atoms with Crippen LogP contribution in [0.5, 0.6) is 0 Å². The second kappa shape index (κ2) is 11.7. The van der Waals surface area contributed by atoms with Crippen molar-refractivity contribution in [1.82, 2.24) is 5.32 Å². The second-order valence-electron chi connectivity index (χ2n) is 10.4. The number of piperidine rings is 3. The molecule has 3 saturated heterocycles. The fourth-order valence-electron chi connectivity index (χ4n) is 5.77. The van der Waals surface area contributed by atoms with Crippen molar-refractivity contribution >= 4 is 11.9 Å². The summed E-state index contributed by atoms with van der Waals surface area (Å²) < 4.78 is 34.4. The topological polar surface area (TPSA) is 55.4 Å². The minimum atomic E-state index is -0.959. The minimum absolute atomic E-state index is 0. The van der Waals surface area contributed by atoms with E-state index in [0.29, 0.717) is 40.2 Å². The first-order valence-electron chi connectivity index (χ1n) is 12.7. The number of aryl methyl sites for hydroxylation is 1. The monoisotopic (exact) mass is 584 g/mol. The van der Waals surface area contributed by atoms with Gasteiger partial charge in [0, 0.05) is 18.4 Å². The molecule has 38 heavy (non-hydrogen) atoms. The first kappa shape index (κ1) is 27.9. The number of alkyl carbamates (subject to hydrolysis) is 1. The van der Waals surface area contributed by atoms with E-state index >= 15 is 0 Å². The van der Waals surface area contributed by atoms with E-state index in [0.717, 1.165) is 31.5 Å². The molecule has 0 saturated carbocycles. The molecule has 1 unspecified atom stereocenters. The van der Waals surface area contributed by atoms with Crippen molar-refractivity contribution < 1.29 is 44.6 Å². The normalized spacial score (nSPS) is 22.0. The number of ether oxygens (including phenoxy) is 1. The molecule has 1 atom stereocenters. The van der Waals surface area contributed by atoms with Gasteiger partial charge in [-0.1, -0.05) is 54.1 Å². The van der Waals surface area contributed by atoms with E-state index in [1.807, 2.05) is 31.2 Å². The van der Waals surface area contributed by atoms with Gasteiger partial charge in [0.2, 0.25) is 5.78 Å². The van der Waals surface area contributed by atoms with Gasteiger partial charge < -0.3 is 31.5 Å². The highest BCUT2D eigenvalue weighted by molar-refractivity contribution is 5.97. The number of fused-ring (bicyclic) bond motifs is 3. The first-order chi connectivity index (χ1) is 17.8. The van der Waals surface area contributed by atoms with Gasteiger partial charge in [-0.3, -0.25) is 4.79 Å². The zero-order valence-electron chi connectivity index (χ0n) is 21.2. The van der Waals surface area contributed by atoms with Crippen LogP contribution >= 0.6 is 0 Å². The van der Waals surface area contributed by atoms with E-state index in [1.54, 1.807) is 12.1 Å². The zero-order chi connectivity index (χ0) is 26.0. The summed E-state index contributed by atoms with van der Waals surface area (Å²) in [6.45, 7) is 4.86. The van der Waals surface area contributed by atoms with Crippen LogP contribution in [0.25, 0.3) is 0 Å². The molecule has 1 N–H and O–H groups in total. The number of ketones is 1. The van der Waals surface area contributed by atoms with Crippen LogP contribution in [-0.4, -0.2) is 48.6 Å². The Morgan fingerprint density at radius 3 is 2.08 bits per heavy atom. The van der Waals surface area contributed by atoms with Gasteiger partial charge in [0.1, 0.15) is 18.2 Å². The summed E-state index contributed by atoms with van der Waals surface area (Å²) in [5, 5.41) is 3.02. The third-order valence-electron chi connectivity index (χ3n) is 7.79. The van der Waals surface area contributed by atoms with Crippen molar-refractivity contribution in [2.24, 2.45) is 5.92 Å². The van der Waals surface area contributed by atoms with E-state index in [1.165, 1.54) is 36.4 Å². The van der Waals surface area contributed by atoms with Crippen LogP contribution in [0.15, 0.2) is 72.8 Å². The van der Waals surface area contributed by atoms with Crippen LogP contribution in [0.3, 0.4) is 0 Å². The number of rotatable bonds is 7. The molecule has 0 radical (unpaired) electrons. The molecule has 200 valence electrons. The molecule has 3 aliphatic heterocycles. The lowest BCUT2D eigenvalue weighted by Gasteiger charge is -2.52. The predicted octanol–water partition coefficient (Wildman–Crippen LogP) is 2.58. The Bertz CT molecular complexity index is 1250. The molecule has 2 bridgehead atoms. The summed E-state index contributed by atoms with van der Waals surface area (Å²) in [6, 6.07) is 19.1. The smallest absolute Gasteiger partial charge is 0.408 e. The summed E-state index contributed by atoms with van der Waals surface area (Å²) in [5.41, 5.74) is 2.66. The Hall–Kier alpha value is -3.10. The third kappa shape index (κ3) is 6.30. The maximum absolute atomic E-state index is 14.0. The number of carbonyl (C=O) groups is 2. The quantitative estimate of drug-likeness (QED) is 0.343. The lowest BCUT2D eigenvalue weighted by atomic mass is 9.81. The number of nitrogens with one attached hydrogen (secondary N) is 1. The zero-order valence-corrected chi connectivity index (χ0v) is 22.8. The second-order valence-corrected chi connectivity index (χ2v) is 10.4. The third-order valence-corrected chi connectivity index (χ3v) is 7.79. The molecule has 5 nitrogen and oxygen atoms in total. The van der Waals surface area contributed by atoms with Crippen molar-refractivity contribution in [2.75, 3.05) is 26.2 Å². The van der Waals surface area contributed by atoms with E-state index in [-0.39, 0.29) is 28.8 Å². The van der Waals surface area contributed by atoms with E-state index in [2.05, 4.69) is 5.32 Å². The van der Waals surface area contributed by atoms with Gasteiger partial charge in [0.05, 0.1) is 25.7 Å². The summed E-state index contributed by atoms with van der Waals surface area (Å²) in [5.74, 6) is -0.516. The number of carbonyl (C=O) groups excluding carboxylic acids is 2. The Balaban J connectivity index is 0.00000336. The largest absolute Gasteiger partial charge is 1.00 e. The lowest BCUT2D eigenvalue weighted by Crippen LogP contribution is -3.00. The van der Waals surface area contributed by atoms with Gasteiger partial charge >= 0.3 is 6.09 Å². The van der Waals surface area contributed by atoms with Crippen molar-refractivity contribution in [3.63, 3.8) is 0 Å². The van der Waals surface area contributed by atoms with Crippen LogP contribution in [0.2, 0.25) is 0 Å². The van der Waals surface area contributed by atoms with Crippen LogP contribution < -0.4 is 22.3 Å². The molecule has 0 aliphatic carbocycles. The molecular weight excluding hydrogens is 554 g/mol. The van der Waals surface area contributed by atoms with Crippen LogP contribution in [0.4, 0.5) is 13.6 Å². The molecule has 0 spiro atoms. The number of amides is 1. The average Bonchev–Trinajstić information content (AvgIpc) is 2.88. The Kier molecular flexibility index (Phi) is 8.63. The molecule has 3 aliphatic rings. The number of quaternary nitrogens is 1. The Morgan fingerprint density at radius 1 is 0.947 bits per heavy atom. The van der Waals surface area contributed by atoms with E-state index < -0.39 is 23.8 Å². The lowest BCUT2D eigenvalue weighted by molar-refractivity contribution is -0.936. The van der Waals surface area contributed by atoms with Crippen LogP contribution in [0, 0.1) is 24.5 Å². The SMILES string of the molecule is Cc1ccc(C(=O)C[N+]23CCC(CC2)C(NC(=O)OC(c2cccc(F)c2)c2cccc(F)c2)C3)cc1.[Br-]. The van der Waals surface area contributed by atoms with Crippen molar-refractivity contribution in [2.45, 2.75) is 31.9 Å². The summed E-state index contributed by atoms with van der Waals surface area (Å²) in [7, 11) is 0. The fourth-order valence-corrected chi connectivity index (χ4v) is 5.77. The molecule has 6 rings (SSSR count). The predicted molar refractivity (Wildman–Crippen MR) is 136 cm³/mol. The van der Waals surface area contributed by atoms with Gasteiger partial charge in [-0.2, -0.15) is 0 Å². The highest BCUT2D eigenvalue weighted by atomic mass is 79.9. The summed E-state index contributed by atoms with van der Waals surface area (Å²) >= 11 is 0. The molecule has 3 aromatic rings. The summed E-state index contributed by atoms with van der Waals surface area (Å²) in [6.07, 6.45) is 0.242. The number of Topliss-reactive ketones (excluding diaryl/α,β-unsaturated/α-hetero) is 1. The maximum Gasteiger partial charge on any atom is 0.408 e. The fraction of sp³-hybridized carbons (Fsp3) is 0.333. The van der Waals surface area contributed by atoms with Crippen molar-refractivity contribution in [3.8, 4) is 0 Å². The van der Waals surface area contributed by atoms with Gasteiger partial charge in [-0.15, -0.1) is 0 Å². The molecular formula is C30H31BrF2N2O3. The highest BCUT2D eigenvalue weighted by Crippen LogP contribution is 2.35. The molecule has 3 fully saturated rings.